The molecule has 0 spiro atoms. The van der Waals surface area contributed by atoms with E-state index in [1.807, 2.05) is 20.8 Å². The maximum absolute atomic E-state index is 11.9. The van der Waals surface area contributed by atoms with E-state index in [4.69, 9.17) is 10.2 Å². The molecule has 1 aromatic rings. The average molecular weight is 255 g/mol. The minimum Gasteiger partial charge on any atom is -0.395 e. The van der Waals surface area contributed by atoms with Crippen LogP contribution in [0.4, 0.5) is 5.88 Å². The van der Waals surface area contributed by atoms with E-state index in [2.05, 4.69) is 5.32 Å². The normalized spacial score (nSPS) is 14.3. The summed E-state index contributed by atoms with van der Waals surface area (Å²) in [6, 6.07) is 2.41. The van der Waals surface area contributed by atoms with Gasteiger partial charge < -0.3 is 15.5 Å². The van der Waals surface area contributed by atoms with Gasteiger partial charge in [0.2, 0.25) is 0 Å². The van der Waals surface area contributed by atoms with Gasteiger partial charge in [-0.15, -0.1) is 0 Å². The largest absolute Gasteiger partial charge is 0.433 e. The smallest absolute Gasteiger partial charge is 0.395 e. The molecular formula is C11H17N3O4. The van der Waals surface area contributed by atoms with Gasteiger partial charge >= 0.3 is 5.88 Å². The lowest BCUT2D eigenvalue weighted by atomic mass is 9.88. The van der Waals surface area contributed by atoms with Crippen molar-refractivity contribution in [3.8, 4) is 0 Å². The van der Waals surface area contributed by atoms with Crippen LogP contribution >= 0.6 is 0 Å². The topological polar surface area (TPSA) is 111 Å². The lowest BCUT2D eigenvalue weighted by molar-refractivity contribution is -0.402. The van der Waals surface area contributed by atoms with Crippen LogP contribution in [0.3, 0.4) is 0 Å². The van der Waals surface area contributed by atoms with Crippen molar-refractivity contribution >= 4 is 11.8 Å². The molecule has 18 heavy (non-hydrogen) atoms. The highest BCUT2D eigenvalue weighted by Crippen LogP contribution is 2.19. The Balaban J connectivity index is 2.84. The fourth-order valence-electron chi connectivity index (χ4n) is 1.30. The van der Waals surface area contributed by atoms with Crippen molar-refractivity contribution in [1.82, 2.24) is 5.32 Å². The van der Waals surface area contributed by atoms with Crippen molar-refractivity contribution in [2.24, 2.45) is 11.7 Å². The van der Waals surface area contributed by atoms with Gasteiger partial charge in [0, 0.05) is 6.54 Å². The number of nitrogens with zero attached hydrogens (tertiary/aromatic N) is 1. The number of nitro groups is 1. The van der Waals surface area contributed by atoms with E-state index in [1.165, 1.54) is 6.07 Å². The van der Waals surface area contributed by atoms with Crippen LogP contribution < -0.4 is 11.1 Å². The summed E-state index contributed by atoms with van der Waals surface area (Å²) in [6.07, 6.45) is 0. The summed E-state index contributed by atoms with van der Waals surface area (Å²) >= 11 is 0. The second kappa shape index (κ2) is 5.18. The maximum atomic E-state index is 11.9. The van der Waals surface area contributed by atoms with Crippen molar-refractivity contribution < 1.29 is 14.1 Å². The van der Waals surface area contributed by atoms with Crippen molar-refractivity contribution in [2.75, 3.05) is 6.54 Å². The summed E-state index contributed by atoms with van der Waals surface area (Å²) in [5.74, 6) is -0.942. The standard InChI is InChI=1S/C11H17N3O4/c1-7(2)11(3,6-12)13-10(15)8-4-5-9(18-8)14(16)17/h4-5,7H,6,12H2,1-3H3,(H,13,15). The Hall–Kier alpha value is -1.89. The molecule has 0 radical (unpaired) electrons. The summed E-state index contributed by atoms with van der Waals surface area (Å²) in [5.41, 5.74) is 5.05. The van der Waals surface area contributed by atoms with Crippen molar-refractivity contribution in [3.05, 3.63) is 28.0 Å². The van der Waals surface area contributed by atoms with Gasteiger partial charge in [-0.25, -0.2) is 0 Å². The maximum Gasteiger partial charge on any atom is 0.433 e. The molecule has 7 heteroatoms. The molecule has 0 aliphatic carbocycles. The minimum atomic E-state index is -0.693. The van der Waals surface area contributed by atoms with Gasteiger partial charge in [-0.05, 0) is 18.9 Å². The van der Waals surface area contributed by atoms with Gasteiger partial charge in [-0.1, -0.05) is 13.8 Å². The highest BCUT2D eigenvalue weighted by molar-refractivity contribution is 5.92. The molecule has 1 aromatic heterocycles. The van der Waals surface area contributed by atoms with Crippen LogP contribution in [0.2, 0.25) is 0 Å². The van der Waals surface area contributed by atoms with Crippen LogP contribution in [0.25, 0.3) is 0 Å². The van der Waals surface area contributed by atoms with Gasteiger partial charge in [0.05, 0.1) is 11.6 Å². The average Bonchev–Trinajstić information content (AvgIpc) is 2.77. The van der Waals surface area contributed by atoms with Crippen molar-refractivity contribution in [3.63, 3.8) is 0 Å². The van der Waals surface area contributed by atoms with E-state index in [0.29, 0.717) is 0 Å². The Labute approximate surface area is 104 Å². The lowest BCUT2D eigenvalue weighted by Gasteiger charge is -2.33. The molecule has 1 heterocycles. The molecule has 0 saturated carbocycles. The van der Waals surface area contributed by atoms with Crippen LogP contribution in [0.15, 0.2) is 16.5 Å². The summed E-state index contributed by atoms with van der Waals surface area (Å²) in [6.45, 7) is 5.93. The number of nitrogens with one attached hydrogen (secondary N) is 1. The van der Waals surface area contributed by atoms with Crippen LogP contribution in [0.5, 0.6) is 0 Å². The number of carbonyl (C=O) groups is 1. The molecule has 0 aromatic carbocycles. The number of rotatable bonds is 5. The number of nitrogens with two attached hydrogens (primary N) is 1. The summed E-state index contributed by atoms with van der Waals surface area (Å²) in [7, 11) is 0. The molecule has 0 saturated heterocycles. The van der Waals surface area contributed by atoms with Gasteiger partial charge in [-0.2, -0.15) is 0 Å². The molecule has 1 unspecified atom stereocenters. The van der Waals surface area contributed by atoms with E-state index in [-0.39, 0.29) is 18.2 Å². The van der Waals surface area contributed by atoms with Crippen LogP contribution in [0.1, 0.15) is 31.3 Å². The first-order valence-electron chi connectivity index (χ1n) is 5.57. The summed E-state index contributed by atoms with van der Waals surface area (Å²) in [4.78, 5) is 21.6. The monoisotopic (exact) mass is 255 g/mol. The molecule has 7 nitrogen and oxygen atoms in total. The minimum absolute atomic E-state index is 0.0953. The highest BCUT2D eigenvalue weighted by Gasteiger charge is 2.30. The first-order chi connectivity index (χ1) is 8.30. The zero-order chi connectivity index (χ0) is 13.9. The van der Waals surface area contributed by atoms with Gasteiger partial charge in [0.1, 0.15) is 4.92 Å². The van der Waals surface area contributed by atoms with E-state index in [9.17, 15) is 14.9 Å². The molecule has 1 rings (SSSR count). The molecule has 100 valence electrons. The molecule has 0 fully saturated rings. The Morgan fingerprint density at radius 1 is 1.61 bits per heavy atom. The molecular weight excluding hydrogens is 238 g/mol. The quantitative estimate of drug-likeness (QED) is 0.608. The van der Waals surface area contributed by atoms with Gasteiger partial charge in [0.15, 0.2) is 5.76 Å². The fraction of sp³-hybridized carbons (Fsp3) is 0.545. The third kappa shape index (κ3) is 2.86. The number of furan rings is 1. The van der Waals surface area contributed by atoms with Crippen LogP contribution in [-0.2, 0) is 0 Å². The summed E-state index contributed by atoms with van der Waals surface area (Å²) in [5, 5.41) is 13.2. The molecule has 0 aliphatic rings. The predicted molar refractivity (Wildman–Crippen MR) is 65.1 cm³/mol. The Kier molecular flexibility index (Phi) is 4.07. The molecule has 1 atom stereocenters. The highest BCUT2D eigenvalue weighted by atomic mass is 16.6. The number of hydrogen-bond donors (Lipinski definition) is 2. The van der Waals surface area contributed by atoms with Crippen molar-refractivity contribution in [1.29, 1.82) is 0 Å². The second-order valence-corrected chi connectivity index (χ2v) is 4.63. The molecule has 1 amide bonds. The zero-order valence-corrected chi connectivity index (χ0v) is 10.6. The first-order valence-corrected chi connectivity index (χ1v) is 5.57. The van der Waals surface area contributed by atoms with E-state index >= 15 is 0 Å². The number of amides is 1. The van der Waals surface area contributed by atoms with E-state index < -0.39 is 22.3 Å². The first kappa shape index (κ1) is 14.2. The SMILES string of the molecule is CC(C)C(C)(CN)NC(=O)c1ccc([N+](=O)[O-])o1. The molecule has 3 N–H and O–H groups in total. The molecule has 0 bridgehead atoms. The van der Waals surface area contributed by atoms with Crippen LogP contribution in [0, 0.1) is 16.0 Å². The fourth-order valence-corrected chi connectivity index (χ4v) is 1.30. The van der Waals surface area contributed by atoms with E-state index in [1.54, 1.807) is 0 Å². The van der Waals surface area contributed by atoms with Gasteiger partial charge in [-0.3, -0.25) is 14.9 Å². The Bertz CT molecular complexity index is 455. The Morgan fingerprint density at radius 3 is 2.61 bits per heavy atom. The second-order valence-electron chi connectivity index (χ2n) is 4.63. The van der Waals surface area contributed by atoms with E-state index in [0.717, 1.165) is 6.07 Å². The summed E-state index contributed by atoms with van der Waals surface area (Å²) < 4.78 is 4.83. The van der Waals surface area contributed by atoms with Gasteiger partial charge in [0.25, 0.3) is 5.91 Å². The number of hydrogen-bond acceptors (Lipinski definition) is 5. The third-order valence-corrected chi connectivity index (χ3v) is 3.09. The molecule has 0 aliphatic heterocycles. The van der Waals surface area contributed by atoms with Crippen molar-refractivity contribution in [2.45, 2.75) is 26.3 Å². The lowest BCUT2D eigenvalue weighted by Crippen LogP contribution is -2.54. The third-order valence-electron chi connectivity index (χ3n) is 3.09. The number of carbonyl (C=O) groups excluding carboxylic acids is 1. The van der Waals surface area contributed by atoms with Crippen LogP contribution in [-0.4, -0.2) is 22.9 Å². The Morgan fingerprint density at radius 2 is 2.22 bits per heavy atom. The predicted octanol–water partition coefficient (Wildman–Crippen LogP) is 1.29. The zero-order valence-electron chi connectivity index (χ0n) is 10.6.